The fourth-order valence-electron chi connectivity index (χ4n) is 2.25. The molecule has 20 heavy (non-hydrogen) atoms. The van der Waals surface area contributed by atoms with Gasteiger partial charge in [-0.2, -0.15) is 10.4 Å². The van der Waals surface area contributed by atoms with Crippen LogP contribution in [0.25, 0.3) is 10.8 Å². The van der Waals surface area contributed by atoms with E-state index in [1.807, 2.05) is 43.3 Å². The minimum absolute atomic E-state index is 0.00819. The summed E-state index contributed by atoms with van der Waals surface area (Å²) in [5.74, 6) is 0.776. The normalized spacial score (nSPS) is 12.0. The highest BCUT2D eigenvalue weighted by atomic mass is 15.2. The average Bonchev–Trinajstić information content (AvgIpc) is 3.02. The van der Waals surface area contributed by atoms with E-state index in [2.05, 4.69) is 26.6 Å². The fraction of sp³-hybridized carbons (Fsp3) is 0.133. The molecule has 0 radical (unpaired) electrons. The van der Waals surface area contributed by atoms with Crippen molar-refractivity contribution in [1.29, 1.82) is 5.26 Å². The van der Waals surface area contributed by atoms with Crippen molar-refractivity contribution in [1.82, 2.24) is 15.2 Å². The maximum Gasteiger partial charge on any atom is 0.146 e. The van der Waals surface area contributed by atoms with E-state index < -0.39 is 0 Å². The molecule has 1 heterocycles. The van der Waals surface area contributed by atoms with Crippen molar-refractivity contribution in [3.05, 3.63) is 54.1 Å². The molecular formula is C15H13N5. The maximum absolute atomic E-state index is 9.16. The number of rotatable bonds is 3. The van der Waals surface area contributed by atoms with E-state index in [0.29, 0.717) is 5.56 Å². The van der Waals surface area contributed by atoms with E-state index in [1.54, 1.807) is 0 Å². The van der Waals surface area contributed by atoms with Crippen molar-refractivity contribution in [2.75, 3.05) is 5.32 Å². The van der Waals surface area contributed by atoms with Crippen LogP contribution in [0.15, 0.2) is 42.7 Å². The molecule has 1 atom stereocenters. The molecule has 0 amide bonds. The summed E-state index contributed by atoms with van der Waals surface area (Å²) in [4.78, 5) is 4.14. The second kappa shape index (κ2) is 5.02. The number of nitriles is 1. The predicted molar refractivity (Wildman–Crippen MR) is 77.1 cm³/mol. The molecule has 0 aliphatic carbocycles. The largest absolute Gasteiger partial charge is 0.375 e. The van der Waals surface area contributed by atoms with Crippen LogP contribution in [0.1, 0.15) is 24.4 Å². The first kappa shape index (κ1) is 12.2. The van der Waals surface area contributed by atoms with Crippen LogP contribution in [-0.4, -0.2) is 15.2 Å². The molecule has 0 aliphatic heterocycles. The molecular weight excluding hydrogens is 250 g/mol. The maximum atomic E-state index is 9.16. The van der Waals surface area contributed by atoms with Crippen LogP contribution in [0.5, 0.6) is 0 Å². The Bertz CT molecular complexity index is 771. The van der Waals surface area contributed by atoms with Gasteiger partial charge < -0.3 is 5.32 Å². The number of anilines is 1. The Morgan fingerprint density at radius 2 is 2.00 bits per heavy atom. The number of hydrogen-bond donors (Lipinski definition) is 2. The van der Waals surface area contributed by atoms with Crippen molar-refractivity contribution in [2.24, 2.45) is 0 Å². The Labute approximate surface area is 116 Å². The molecule has 2 N–H and O–H groups in total. The number of nitrogens with zero attached hydrogens (tertiary/aromatic N) is 3. The lowest BCUT2D eigenvalue weighted by molar-refractivity contribution is 0.797. The number of fused-ring (bicyclic) bond motifs is 1. The van der Waals surface area contributed by atoms with Crippen LogP contribution < -0.4 is 5.32 Å². The highest BCUT2D eigenvalue weighted by molar-refractivity contribution is 5.97. The third-order valence-electron chi connectivity index (χ3n) is 3.26. The number of benzene rings is 2. The van der Waals surface area contributed by atoms with E-state index in [0.717, 1.165) is 22.3 Å². The molecule has 0 spiro atoms. The third kappa shape index (κ3) is 2.08. The number of aromatic amines is 1. The molecule has 3 aromatic rings. The highest BCUT2D eigenvalue weighted by Gasteiger charge is 2.11. The van der Waals surface area contributed by atoms with Gasteiger partial charge in [-0.3, -0.25) is 5.10 Å². The second-order valence-electron chi connectivity index (χ2n) is 4.55. The summed E-state index contributed by atoms with van der Waals surface area (Å²) in [5, 5.41) is 21.2. The van der Waals surface area contributed by atoms with Crippen molar-refractivity contribution in [2.45, 2.75) is 13.0 Å². The predicted octanol–water partition coefficient (Wildman–Crippen LogP) is 3.00. The van der Waals surface area contributed by atoms with Crippen molar-refractivity contribution < 1.29 is 0 Å². The summed E-state index contributed by atoms with van der Waals surface area (Å²) < 4.78 is 0. The van der Waals surface area contributed by atoms with Gasteiger partial charge in [0.25, 0.3) is 0 Å². The van der Waals surface area contributed by atoms with Gasteiger partial charge in [0.1, 0.15) is 12.2 Å². The lowest BCUT2D eigenvalue weighted by atomic mass is 10.0. The quantitative estimate of drug-likeness (QED) is 0.761. The van der Waals surface area contributed by atoms with Crippen LogP contribution in [-0.2, 0) is 0 Å². The zero-order chi connectivity index (χ0) is 13.9. The SMILES string of the molecule is CC(Nc1ccc(C#N)c2ccccc12)c1ncn[nH]1. The molecule has 0 saturated carbocycles. The summed E-state index contributed by atoms with van der Waals surface area (Å²) in [6.45, 7) is 2.01. The van der Waals surface area contributed by atoms with Crippen LogP contribution in [0.4, 0.5) is 5.69 Å². The van der Waals surface area contributed by atoms with Gasteiger partial charge in [0.15, 0.2) is 0 Å². The van der Waals surface area contributed by atoms with E-state index in [4.69, 9.17) is 5.26 Å². The van der Waals surface area contributed by atoms with Crippen LogP contribution in [0, 0.1) is 11.3 Å². The third-order valence-corrected chi connectivity index (χ3v) is 3.26. The van der Waals surface area contributed by atoms with E-state index in [-0.39, 0.29) is 6.04 Å². The lowest BCUT2D eigenvalue weighted by Gasteiger charge is -2.15. The minimum Gasteiger partial charge on any atom is -0.375 e. The molecule has 1 aromatic heterocycles. The topological polar surface area (TPSA) is 77.4 Å². The van der Waals surface area contributed by atoms with Crippen LogP contribution in [0.3, 0.4) is 0 Å². The summed E-state index contributed by atoms with van der Waals surface area (Å²) in [6, 6.07) is 13.9. The number of nitrogens with one attached hydrogen (secondary N) is 2. The van der Waals surface area contributed by atoms with Gasteiger partial charge >= 0.3 is 0 Å². The molecule has 1 unspecified atom stereocenters. The number of hydrogen-bond acceptors (Lipinski definition) is 4. The summed E-state index contributed by atoms with van der Waals surface area (Å²) >= 11 is 0. The van der Waals surface area contributed by atoms with E-state index in [9.17, 15) is 0 Å². The number of H-pyrrole nitrogens is 1. The summed E-state index contributed by atoms with van der Waals surface area (Å²) in [5.41, 5.74) is 1.65. The van der Waals surface area contributed by atoms with Crippen molar-refractivity contribution in [3.8, 4) is 6.07 Å². The van der Waals surface area contributed by atoms with Gasteiger partial charge in [-0.05, 0) is 19.1 Å². The second-order valence-corrected chi connectivity index (χ2v) is 4.55. The Morgan fingerprint density at radius 3 is 2.70 bits per heavy atom. The van der Waals surface area contributed by atoms with Crippen LogP contribution in [0.2, 0.25) is 0 Å². The molecule has 5 nitrogen and oxygen atoms in total. The highest BCUT2D eigenvalue weighted by Crippen LogP contribution is 2.28. The molecule has 2 aromatic carbocycles. The van der Waals surface area contributed by atoms with E-state index in [1.165, 1.54) is 6.33 Å². The average molecular weight is 263 g/mol. The van der Waals surface area contributed by atoms with E-state index >= 15 is 0 Å². The van der Waals surface area contributed by atoms with Crippen LogP contribution >= 0.6 is 0 Å². The number of aromatic nitrogens is 3. The molecule has 0 bridgehead atoms. The Morgan fingerprint density at radius 1 is 1.20 bits per heavy atom. The molecule has 0 fully saturated rings. The Kier molecular flexibility index (Phi) is 3.05. The molecule has 98 valence electrons. The van der Waals surface area contributed by atoms with Gasteiger partial charge in [-0.15, -0.1) is 0 Å². The van der Waals surface area contributed by atoms with Gasteiger partial charge in [0.05, 0.1) is 17.7 Å². The summed E-state index contributed by atoms with van der Waals surface area (Å²) in [7, 11) is 0. The first-order chi connectivity index (χ1) is 9.79. The molecule has 0 saturated heterocycles. The Balaban J connectivity index is 2.03. The first-order valence-corrected chi connectivity index (χ1v) is 6.33. The van der Waals surface area contributed by atoms with Crippen molar-refractivity contribution in [3.63, 3.8) is 0 Å². The van der Waals surface area contributed by atoms with Gasteiger partial charge in [0, 0.05) is 16.5 Å². The standard InChI is InChI=1S/C15H13N5/c1-10(15-17-9-18-20-15)19-14-7-6-11(8-16)12-4-2-3-5-13(12)14/h2-7,9-10,19H,1H3,(H,17,18,20). The smallest absolute Gasteiger partial charge is 0.146 e. The van der Waals surface area contributed by atoms with Gasteiger partial charge in [0.2, 0.25) is 0 Å². The molecule has 3 rings (SSSR count). The Hall–Kier alpha value is -2.87. The van der Waals surface area contributed by atoms with Gasteiger partial charge in [-0.25, -0.2) is 4.98 Å². The first-order valence-electron chi connectivity index (χ1n) is 6.33. The minimum atomic E-state index is 0.00819. The molecule has 5 heteroatoms. The van der Waals surface area contributed by atoms with Crippen molar-refractivity contribution >= 4 is 16.5 Å². The lowest BCUT2D eigenvalue weighted by Crippen LogP contribution is -2.08. The zero-order valence-corrected chi connectivity index (χ0v) is 11.0. The summed E-state index contributed by atoms with van der Waals surface area (Å²) in [6.07, 6.45) is 1.49. The molecule has 0 aliphatic rings. The van der Waals surface area contributed by atoms with Gasteiger partial charge in [-0.1, -0.05) is 24.3 Å². The monoisotopic (exact) mass is 263 g/mol. The zero-order valence-electron chi connectivity index (χ0n) is 11.0. The fourth-order valence-corrected chi connectivity index (χ4v) is 2.25.